The Hall–Kier alpha value is -3.23. The third-order valence-corrected chi connectivity index (χ3v) is 6.98. The standard InChI is InChI=1S/C20H16F3N5O2S/c21-20(22,23)16-11-15(9-8-14(16)12-24)31(29,30)28-10-4-7-17(28)19-25-18(26-27-19)13-5-2-1-3-6-13/h1-3,5-6,8-9,11,17H,4,7,10H2,(H,25,26,27). The lowest BCUT2D eigenvalue weighted by atomic mass is 10.1. The third kappa shape index (κ3) is 3.92. The van der Waals surface area contributed by atoms with E-state index in [1.807, 2.05) is 30.3 Å². The van der Waals surface area contributed by atoms with Gasteiger partial charge in [0.1, 0.15) is 5.82 Å². The summed E-state index contributed by atoms with van der Waals surface area (Å²) in [6.07, 6.45) is -3.88. The molecule has 3 aromatic rings. The Morgan fingerprint density at radius 3 is 2.58 bits per heavy atom. The van der Waals surface area contributed by atoms with Crippen molar-refractivity contribution in [1.29, 1.82) is 5.26 Å². The molecule has 7 nitrogen and oxygen atoms in total. The SMILES string of the molecule is N#Cc1ccc(S(=O)(=O)N2CCCC2c2nc(-c3ccccc3)n[nH]2)cc1C(F)(F)F. The Labute approximate surface area is 176 Å². The van der Waals surface area contributed by atoms with Gasteiger partial charge >= 0.3 is 6.18 Å². The number of aromatic nitrogens is 3. The Kier molecular flexibility index (Phi) is 5.28. The molecule has 0 spiro atoms. The van der Waals surface area contributed by atoms with E-state index in [9.17, 15) is 21.6 Å². The zero-order valence-electron chi connectivity index (χ0n) is 16.0. The molecular formula is C20H16F3N5O2S. The number of alkyl halides is 3. The Balaban J connectivity index is 1.69. The van der Waals surface area contributed by atoms with Gasteiger partial charge in [0.25, 0.3) is 0 Å². The van der Waals surface area contributed by atoms with Crippen LogP contribution in [0.25, 0.3) is 11.4 Å². The molecule has 0 saturated carbocycles. The predicted molar refractivity (Wildman–Crippen MR) is 104 cm³/mol. The maximum Gasteiger partial charge on any atom is 0.417 e. The van der Waals surface area contributed by atoms with Crippen LogP contribution in [-0.4, -0.2) is 34.4 Å². The average Bonchev–Trinajstić information content (AvgIpc) is 3.43. The number of sulfonamides is 1. The number of nitrogens with one attached hydrogen (secondary N) is 1. The highest BCUT2D eigenvalue weighted by Gasteiger charge is 2.40. The topological polar surface area (TPSA) is 103 Å². The lowest BCUT2D eigenvalue weighted by Crippen LogP contribution is -2.31. The highest BCUT2D eigenvalue weighted by molar-refractivity contribution is 7.89. The van der Waals surface area contributed by atoms with E-state index in [0.717, 1.165) is 22.0 Å². The zero-order chi connectivity index (χ0) is 22.2. The van der Waals surface area contributed by atoms with Gasteiger partial charge in [-0.3, -0.25) is 5.10 Å². The summed E-state index contributed by atoms with van der Waals surface area (Å²) in [5, 5.41) is 15.9. The number of nitrogens with zero attached hydrogens (tertiary/aromatic N) is 4. The summed E-state index contributed by atoms with van der Waals surface area (Å²) in [6, 6.07) is 12.3. The molecule has 1 aliphatic heterocycles. The van der Waals surface area contributed by atoms with Crippen LogP contribution in [-0.2, 0) is 16.2 Å². The summed E-state index contributed by atoms with van der Waals surface area (Å²) in [6.45, 7) is 0.135. The summed E-state index contributed by atoms with van der Waals surface area (Å²) < 4.78 is 67.4. The molecule has 0 aliphatic carbocycles. The average molecular weight is 447 g/mol. The first-order valence-corrected chi connectivity index (χ1v) is 10.8. The van der Waals surface area contributed by atoms with Crippen molar-refractivity contribution in [3.63, 3.8) is 0 Å². The van der Waals surface area contributed by atoms with E-state index in [4.69, 9.17) is 5.26 Å². The van der Waals surface area contributed by atoms with Gasteiger partial charge < -0.3 is 0 Å². The highest BCUT2D eigenvalue weighted by Crippen LogP contribution is 2.38. The monoisotopic (exact) mass is 447 g/mol. The number of halogens is 3. The fraction of sp³-hybridized carbons (Fsp3) is 0.250. The molecule has 1 N–H and O–H groups in total. The molecule has 31 heavy (non-hydrogen) atoms. The van der Waals surface area contributed by atoms with Gasteiger partial charge in [0, 0.05) is 12.1 Å². The van der Waals surface area contributed by atoms with Crippen LogP contribution in [0.15, 0.2) is 53.4 Å². The number of benzene rings is 2. The van der Waals surface area contributed by atoms with Crippen molar-refractivity contribution in [3.8, 4) is 17.5 Å². The molecule has 0 amide bonds. The van der Waals surface area contributed by atoms with Gasteiger partial charge in [-0.25, -0.2) is 13.4 Å². The first-order chi connectivity index (χ1) is 14.7. The van der Waals surface area contributed by atoms with Crippen LogP contribution in [0.2, 0.25) is 0 Å². The van der Waals surface area contributed by atoms with Crippen LogP contribution < -0.4 is 0 Å². The normalized spacial score (nSPS) is 17.5. The Morgan fingerprint density at radius 2 is 1.90 bits per heavy atom. The fourth-order valence-electron chi connectivity index (χ4n) is 3.59. The van der Waals surface area contributed by atoms with Gasteiger partial charge in [0.2, 0.25) is 10.0 Å². The van der Waals surface area contributed by atoms with E-state index in [-0.39, 0.29) is 6.54 Å². The summed E-state index contributed by atoms with van der Waals surface area (Å²) in [7, 11) is -4.26. The van der Waals surface area contributed by atoms with E-state index < -0.39 is 38.3 Å². The number of nitriles is 1. The number of rotatable bonds is 4. The van der Waals surface area contributed by atoms with Gasteiger partial charge in [-0.05, 0) is 31.0 Å². The van der Waals surface area contributed by atoms with Gasteiger partial charge in [0.05, 0.1) is 28.1 Å². The number of aromatic amines is 1. The van der Waals surface area contributed by atoms with E-state index >= 15 is 0 Å². The summed E-state index contributed by atoms with van der Waals surface area (Å²) >= 11 is 0. The van der Waals surface area contributed by atoms with Gasteiger partial charge in [0.15, 0.2) is 5.82 Å². The lowest BCUT2D eigenvalue weighted by Gasteiger charge is -2.23. The van der Waals surface area contributed by atoms with Crippen molar-refractivity contribution >= 4 is 10.0 Å². The number of H-pyrrole nitrogens is 1. The van der Waals surface area contributed by atoms with Crippen molar-refractivity contribution in [2.75, 3.05) is 6.54 Å². The van der Waals surface area contributed by atoms with Crippen molar-refractivity contribution in [2.24, 2.45) is 0 Å². The molecular weight excluding hydrogens is 431 g/mol. The molecule has 2 aromatic carbocycles. The minimum absolute atomic E-state index is 0.135. The molecule has 1 atom stereocenters. The van der Waals surface area contributed by atoms with E-state index in [2.05, 4.69) is 15.2 Å². The molecule has 4 rings (SSSR count). The first-order valence-electron chi connectivity index (χ1n) is 9.33. The molecule has 1 fully saturated rings. The molecule has 160 valence electrons. The molecule has 0 radical (unpaired) electrons. The summed E-state index contributed by atoms with van der Waals surface area (Å²) in [4.78, 5) is 3.89. The molecule has 1 saturated heterocycles. The summed E-state index contributed by atoms with van der Waals surface area (Å²) in [5.74, 6) is 0.724. The second-order valence-electron chi connectivity index (χ2n) is 7.00. The number of hydrogen-bond donors (Lipinski definition) is 1. The molecule has 1 aliphatic rings. The van der Waals surface area contributed by atoms with E-state index in [1.165, 1.54) is 6.07 Å². The molecule has 1 aromatic heterocycles. The second kappa shape index (κ2) is 7.79. The van der Waals surface area contributed by atoms with Crippen molar-refractivity contribution in [2.45, 2.75) is 30.0 Å². The van der Waals surface area contributed by atoms with Crippen LogP contribution >= 0.6 is 0 Å². The minimum atomic E-state index is -4.85. The highest BCUT2D eigenvalue weighted by atomic mass is 32.2. The maximum absolute atomic E-state index is 13.3. The summed E-state index contributed by atoms with van der Waals surface area (Å²) in [5.41, 5.74) is -1.16. The van der Waals surface area contributed by atoms with Crippen LogP contribution in [0.5, 0.6) is 0 Å². The molecule has 1 unspecified atom stereocenters. The van der Waals surface area contributed by atoms with Crippen molar-refractivity contribution in [3.05, 3.63) is 65.5 Å². The minimum Gasteiger partial charge on any atom is -0.261 e. The van der Waals surface area contributed by atoms with Crippen LogP contribution in [0, 0.1) is 11.3 Å². The van der Waals surface area contributed by atoms with Crippen molar-refractivity contribution in [1.82, 2.24) is 19.5 Å². The third-order valence-electron chi connectivity index (χ3n) is 5.08. The van der Waals surface area contributed by atoms with Crippen LogP contribution in [0.4, 0.5) is 13.2 Å². The lowest BCUT2D eigenvalue weighted by molar-refractivity contribution is -0.137. The van der Waals surface area contributed by atoms with Gasteiger partial charge in [-0.15, -0.1) is 0 Å². The smallest absolute Gasteiger partial charge is 0.261 e. The Morgan fingerprint density at radius 1 is 1.16 bits per heavy atom. The first kappa shape index (κ1) is 21.0. The largest absolute Gasteiger partial charge is 0.417 e. The maximum atomic E-state index is 13.3. The Bertz CT molecular complexity index is 1250. The quantitative estimate of drug-likeness (QED) is 0.654. The van der Waals surface area contributed by atoms with Gasteiger partial charge in [-0.1, -0.05) is 30.3 Å². The van der Waals surface area contributed by atoms with Crippen LogP contribution in [0.3, 0.4) is 0 Å². The fourth-order valence-corrected chi connectivity index (χ4v) is 5.28. The van der Waals surface area contributed by atoms with E-state index in [1.54, 1.807) is 0 Å². The predicted octanol–water partition coefficient (Wildman–Crippen LogP) is 3.89. The molecule has 11 heteroatoms. The number of hydrogen-bond acceptors (Lipinski definition) is 5. The zero-order valence-corrected chi connectivity index (χ0v) is 16.8. The second-order valence-corrected chi connectivity index (χ2v) is 8.89. The van der Waals surface area contributed by atoms with Crippen LogP contribution in [0.1, 0.15) is 35.8 Å². The molecule has 0 bridgehead atoms. The van der Waals surface area contributed by atoms with Crippen molar-refractivity contribution < 1.29 is 21.6 Å². The molecule has 2 heterocycles. The van der Waals surface area contributed by atoms with E-state index in [0.29, 0.717) is 30.6 Å². The van der Waals surface area contributed by atoms with Gasteiger partial charge in [-0.2, -0.15) is 27.8 Å².